The molecule has 2 aromatic rings. The highest BCUT2D eigenvalue weighted by Gasteiger charge is 2.09. The molecule has 2 N–H and O–H groups in total. The van der Waals surface area contributed by atoms with Gasteiger partial charge in [-0.1, -0.05) is 28.1 Å². The van der Waals surface area contributed by atoms with Crippen molar-refractivity contribution in [3.63, 3.8) is 0 Å². The molecule has 0 fully saturated rings. The molecule has 0 aliphatic carbocycles. The van der Waals surface area contributed by atoms with Gasteiger partial charge in [0.2, 0.25) is 0 Å². The number of aryl methyl sites for hydroxylation is 1. The van der Waals surface area contributed by atoms with E-state index in [4.69, 9.17) is 5.73 Å². The summed E-state index contributed by atoms with van der Waals surface area (Å²) in [6.07, 6.45) is 0.886. The van der Waals surface area contributed by atoms with Gasteiger partial charge in [0.15, 0.2) is 0 Å². The zero-order valence-electron chi connectivity index (χ0n) is 9.41. The molecule has 0 aliphatic rings. The molecule has 1 heterocycles. The summed E-state index contributed by atoms with van der Waals surface area (Å²) in [5, 5.41) is 0. The average molecular weight is 375 g/mol. The summed E-state index contributed by atoms with van der Waals surface area (Å²) >= 11 is 8.72. The molecule has 1 aromatic carbocycles. The third-order valence-electron chi connectivity index (χ3n) is 2.66. The molecule has 0 radical (unpaired) electrons. The van der Waals surface area contributed by atoms with E-state index in [0.717, 1.165) is 14.7 Å². The number of benzene rings is 1. The molecule has 0 aliphatic heterocycles. The van der Waals surface area contributed by atoms with Gasteiger partial charge in [0.1, 0.15) is 0 Å². The van der Waals surface area contributed by atoms with Crippen LogP contribution in [0.25, 0.3) is 0 Å². The van der Waals surface area contributed by atoms with E-state index < -0.39 is 0 Å². The van der Waals surface area contributed by atoms with Crippen molar-refractivity contribution >= 4 is 43.2 Å². The predicted molar refractivity (Wildman–Crippen MR) is 81.5 cm³/mol. The maximum atomic E-state index is 6.23. The first kappa shape index (κ1) is 13.3. The van der Waals surface area contributed by atoms with Crippen molar-refractivity contribution in [3.05, 3.63) is 54.6 Å². The number of rotatable bonds is 3. The second kappa shape index (κ2) is 5.65. The number of thiophene rings is 1. The molecule has 1 nitrogen and oxygen atoms in total. The first-order valence-electron chi connectivity index (χ1n) is 5.32. The molecular formula is C13H13Br2NS. The van der Waals surface area contributed by atoms with Crippen LogP contribution in [0.3, 0.4) is 0 Å². The van der Waals surface area contributed by atoms with Crippen LogP contribution in [0, 0.1) is 6.92 Å². The molecular weight excluding hydrogens is 362 g/mol. The zero-order chi connectivity index (χ0) is 12.4. The van der Waals surface area contributed by atoms with Gasteiger partial charge in [0.25, 0.3) is 0 Å². The van der Waals surface area contributed by atoms with Crippen molar-refractivity contribution < 1.29 is 0 Å². The first-order valence-corrected chi connectivity index (χ1v) is 7.72. The summed E-state index contributed by atoms with van der Waals surface area (Å²) in [5.41, 5.74) is 8.65. The zero-order valence-corrected chi connectivity index (χ0v) is 13.4. The number of hydrogen-bond acceptors (Lipinski definition) is 2. The van der Waals surface area contributed by atoms with Gasteiger partial charge in [-0.15, -0.1) is 11.3 Å². The van der Waals surface area contributed by atoms with E-state index in [1.807, 2.05) is 0 Å². The van der Waals surface area contributed by atoms with Gasteiger partial charge in [-0.3, -0.25) is 0 Å². The van der Waals surface area contributed by atoms with E-state index in [-0.39, 0.29) is 6.04 Å². The molecule has 1 aromatic heterocycles. The fourth-order valence-corrected chi connectivity index (χ4v) is 3.48. The van der Waals surface area contributed by atoms with Crippen LogP contribution in [0.15, 0.2) is 38.6 Å². The fraction of sp³-hybridized carbons (Fsp3) is 0.231. The minimum Gasteiger partial charge on any atom is -0.324 e. The Balaban J connectivity index is 2.14. The van der Waals surface area contributed by atoms with Gasteiger partial charge < -0.3 is 5.73 Å². The van der Waals surface area contributed by atoms with Crippen molar-refractivity contribution in [1.29, 1.82) is 0 Å². The molecule has 2 rings (SSSR count). The Morgan fingerprint density at radius 1 is 1.24 bits per heavy atom. The minimum absolute atomic E-state index is 0.0624. The molecule has 0 saturated carbocycles. The van der Waals surface area contributed by atoms with Crippen LogP contribution in [0.1, 0.15) is 22.0 Å². The molecule has 1 atom stereocenters. The van der Waals surface area contributed by atoms with Crippen molar-refractivity contribution in [2.45, 2.75) is 19.4 Å². The summed E-state index contributed by atoms with van der Waals surface area (Å²) in [6, 6.07) is 10.6. The lowest BCUT2D eigenvalue weighted by molar-refractivity contribution is 0.729. The van der Waals surface area contributed by atoms with Gasteiger partial charge in [-0.05, 0) is 52.2 Å². The van der Waals surface area contributed by atoms with Crippen LogP contribution < -0.4 is 5.73 Å². The van der Waals surface area contributed by atoms with E-state index in [1.165, 1.54) is 16.0 Å². The van der Waals surface area contributed by atoms with Crippen LogP contribution >= 0.6 is 43.2 Å². The Bertz CT molecular complexity index is 522. The van der Waals surface area contributed by atoms with Gasteiger partial charge >= 0.3 is 0 Å². The largest absolute Gasteiger partial charge is 0.324 e. The second-order valence-corrected chi connectivity index (χ2v) is 7.43. The molecule has 0 amide bonds. The Labute approximate surface area is 122 Å². The summed E-state index contributed by atoms with van der Waals surface area (Å²) in [4.78, 5) is 1.31. The molecule has 0 saturated heterocycles. The Hall–Kier alpha value is -0.160. The van der Waals surface area contributed by atoms with Gasteiger partial charge in [0.05, 0.1) is 3.79 Å². The highest BCUT2D eigenvalue weighted by atomic mass is 79.9. The molecule has 1 unspecified atom stereocenters. The van der Waals surface area contributed by atoms with E-state index >= 15 is 0 Å². The smallest absolute Gasteiger partial charge is 0.0701 e. The van der Waals surface area contributed by atoms with Crippen LogP contribution in [0.2, 0.25) is 0 Å². The minimum atomic E-state index is 0.0624. The lowest BCUT2D eigenvalue weighted by Gasteiger charge is -2.12. The SMILES string of the molecule is Cc1cc(C(N)Cc2ccc(Br)s2)ccc1Br. The summed E-state index contributed by atoms with van der Waals surface area (Å²) < 4.78 is 2.29. The predicted octanol–water partition coefficient (Wildman–Crippen LogP) is 4.82. The van der Waals surface area contributed by atoms with E-state index in [9.17, 15) is 0 Å². The number of halogens is 2. The molecule has 4 heteroatoms. The highest BCUT2D eigenvalue weighted by Crippen LogP contribution is 2.27. The average Bonchev–Trinajstić information content (AvgIpc) is 2.68. The summed E-state index contributed by atoms with van der Waals surface area (Å²) in [6.45, 7) is 2.09. The Morgan fingerprint density at radius 2 is 2.00 bits per heavy atom. The molecule has 90 valence electrons. The molecule has 0 bridgehead atoms. The van der Waals surface area contributed by atoms with Crippen LogP contribution in [0.4, 0.5) is 0 Å². The Morgan fingerprint density at radius 3 is 2.59 bits per heavy atom. The summed E-state index contributed by atoms with van der Waals surface area (Å²) in [5.74, 6) is 0. The van der Waals surface area contributed by atoms with Crippen LogP contribution in [-0.2, 0) is 6.42 Å². The lowest BCUT2D eigenvalue weighted by atomic mass is 10.0. The fourth-order valence-electron chi connectivity index (χ4n) is 1.69. The maximum absolute atomic E-state index is 6.23. The number of nitrogens with two attached hydrogens (primary N) is 1. The first-order chi connectivity index (χ1) is 8.06. The lowest BCUT2D eigenvalue weighted by Crippen LogP contribution is -2.12. The Kier molecular flexibility index (Phi) is 4.42. The molecule has 17 heavy (non-hydrogen) atoms. The van der Waals surface area contributed by atoms with Gasteiger partial charge in [-0.25, -0.2) is 0 Å². The highest BCUT2D eigenvalue weighted by molar-refractivity contribution is 9.11. The van der Waals surface area contributed by atoms with E-state index in [2.05, 4.69) is 69.1 Å². The van der Waals surface area contributed by atoms with Gasteiger partial charge in [0, 0.05) is 21.8 Å². The van der Waals surface area contributed by atoms with E-state index in [1.54, 1.807) is 11.3 Å². The quantitative estimate of drug-likeness (QED) is 0.818. The van der Waals surface area contributed by atoms with E-state index in [0.29, 0.717) is 0 Å². The van der Waals surface area contributed by atoms with Crippen molar-refractivity contribution in [2.75, 3.05) is 0 Å². The normalized spacial score (nSPS) is 12.7. The van der Waals surface area contributed by atoms with Crippen LogP contribution in [0.5, 0.6) is 0 Å². The standard InChI is InChI=1S/C13H13Br2NS/c1-8-6-9(2-4-11(8)14)12(16)7-10-3-5-13(15)17-10/h2-6,12H,7,16H2,1H3. The number of hydrogen-bond donors (Lipinski definition) is 1. The third-order valence-corrected chi connectivity index (χ3v) is 5.20. The monoisotopic (exact) mass is 373 g/mol. The van der Waals surface area contributed by atoms with Crippen LogP contribution in [-0.4, -0.2) is 0 Å². The topological polar surface area (TPSA) is 26.0 Å². The second-order valence-electron chi connectivity index (χ2n) is 4.03. The van der Waals surface area contributed by atoms with Crippen molar-refractivity contribution in [2.24, 2.45) is 5.73 Å². The third kappa shape index (κ3) is 3.41. The molecule has 0 spiro atoms. The summed E-state index contributed by atoms with van der Waals surface area (Å²) in [7, 11) is 0. The van der Waals surface area contributed by atoms with Crippen molar-refractivity contribution in [3.8, 4) is 0 Å². The van der Waals surface area contributed by atoms with Crippen molar-refractivity contribution in [1.82, 2.24) is 0 Å². The van der Waals surface area contributed by atoms with Gasteiger partial charge in [-0.2, -0.15) is 0 Å². The maximum Gasteiger partial charge on any atom is 0.0701 e.